The number of nitrogens with zero attached hydrogens (tertiary/aromatic N) is 4. The fraction of sp³-hybridized carbons (Fsp3) is 0.0667. The highest BCUT2D eigenvalue weighted by atomic mass is 16.5. The van der Waals surface area contributed by atoms with Crippen LogP contribution in [-0.2, 0) is 11.3 Å². The van der Waals surface area contributed by atoms with Crippen molar-refractivity contribution in [2.75, 3.05) is 5.32 Å². The molecule has 1 aromatic carbocycles. The minimum absolute atomic E-state index is 0.170. The van der Waals surface area contributed by atoms with Gasteiger partial charge in [0.05, 0.1) is 6.20 Å². The molecular weight excluding hydrogens is 282 g/mol. The predicted molar refractivity (Wildman–Crippen MR) is 78.0 cm³/mol. The van der Waals surface area contributed by atoms with E-state index in [0.29, 0.717) is 17.0 Å². The van der Waals surface area contributed by atoms with Gasteiger partial charge < -0.3 is 4.74 Å². The number of rotatable bonds is 3. The molecule has 1 amide bonds. The van der Waals surface area contributed by atoms with Gasteiger partial charge in [0.2, 0.25) is 0 Å². The third kappa shape index (κ3) is 2.71. The number of anilines is 1. The van der Waals surface area contributed by atoms with Crippen molar-refractivity contribution >= 4 is 17.6 Å². The van der Waals surface area contributed by atoms with Gasteiger partial charge in [-0.1, -0.05) is 30.3 Å². The lowest BCUT2D eigenvalue weighted by atomic mass is 10.2. The second kappa shape index (κ2) is 5.93. The van der Waals surface area contributed by atoms with Crippen LogP contribution in [0.5, 0.6) is 0 Å². The molecule has 0 spiro atoms. The molecule has 0 radical (unpaired) electrons. The Morgan fingerprint density at radius 2 is 2.14 bits per heavy atom. The van der Waals surface area contributed by atoms with Gasteiger partial charge in [0.25, 0.3) is 0 Å². The highest BCUT2D eigenvalue weighted by molar-refractivity contribution is 5.84. The van der Waals surface area contributed by atoms with Crippen molar-refractivity contribution in [1.82, 2.24) is 14.6 Å². The summed E-state index contributed by atoms with van der Waals surface area (Å²) in [5.41, 5.74) is 1.60. The molecule has 0 atom stereocenters. The third-order valence-corrected chi connectivity index (χ3v) is 2.96. The van der Waals surface area contributed by atoms with E-state index in [4.69, 9.17) is 10.00 Å². The lowest BCUT2D eigenvalue weighted by molar-refractivity contribution is 0.155. The van der Waals surface area contributed by atoms with Gasteiger partial charge in [-0.3, -0.25) is 5.32 Å². The molecule has 7 nitrogen and oxygen atoms in total. The summed E-state index contributed by atoms with van der Waals surface area (Å²) >= 11 is 0. The summed E-state index contributed by atoms with van der Waals surface area (Å²) in [7, 11) is 0. The third-order valence-electron chi connectivity index (χ3n) is 2.96. The Balaban J connectivity index is 1.72. The van der Waals surface area contributed by atoms with Crippen LogP contribution in [0.25, 0.3) is 5.65 Å². The van der Waals surface area contributed by atoms with Crippen LogP contribution >= 0.6 is 0 Å². The maximum atomic E-state index is 11.8. The van der Waals surface area contributed by atoms with E-state index in [-0.39, 0.29) is 6.61 Å². The Morgan fingerprint density at radius 3 is 2.91 bits per heavy atom. The summed E-state index contributed by atoms with van der Waals surface area (Å²) in [4.78, 5) is 15.9. The van der Waals surface area contributed by atoms with Crippen LogP contribution in [0.3, 0.4) is 0 Å². The maximum absolute atomic E-state index is 11.8. The van der Waals surface area contributed by atoms with E-state index in [0.717, 1.165) is 5.56 Å². The van der Waals surface area contributed by atoms with Crippen LogP contribution in [0.2, 0.25) is 0 Å². The molecule has 3 aromatic rings. The summed E-state index contributed by atoms with van der Waals surface area (Å²) in [6.07, 6.45) is 2.28. The number of benzene rings is 1. The van der Waals surface area contributed by atoms with Crippen LogP contribution in [0.1, 0.15) is 11.1 Å². The first-order valence-electron chi connectivity index (χ1n) is 6.48. The Morgan fingerprint density at radius 1 is 1.32 bits per heavy atom. The van der Waals surface area contributed by atoms with E-state index >= 15 is 0 Å². The predicted octanol–water partition coefficient (Wildman–Crippen LogP) is 2.35. The van der Waals surface area contributed by atoms with Gasteiger partial charge in [-0.25, -0.2) is 9.78 Å². The number of hydrogen-bond donors (Lipinski definition) is 1. The van der Waals surface area contributed by atoms with Gasteiger partial charge in [-0.2, -0.15) is 14.9 Å². The van der Waals surface area contributed by atoms with Gasteiger partial charge in [-0.05, 0) is 11.6 Å². The number of amides is 1. The minimum atomic E-state index is -0.606. The summed E-state index contributed by atoms with van der Waals surface area (Å²) in [5, 5.41) is 15.6. The van der Waals surface area contributed by atoms with E-state index < -0.39 is 6.09 Å². The molecule has 22 heavy (non-hydrogen) atoms. The van der Waals surface area contributed by atoms with Crippen molar-refractivity contribution in [3.05, 3.63) is 59.9 Å². The Kier molecular flexibility index (Phi) is 3.66. The summed E-state index contributed by atoms with van der Waals surface area (Å²) < 4.78 is 6.51. The molecule has 0 aliphatic heterocycles. The summed E-state index contributed by atoms with van der Waals surface area (Å²) in [6, 6.07) is 12.9. The number of nitrogens with one attached hydrogen (secondary N) is 1. The van der Waals surface area contributed by atoms with Crippen molar-refractivity contribution < 1.29 is 9.53 Å². The number of aromatic nitrogens is 3. The minimum Gasteiger partial charge on any atom is -0.444 e. The zero-order valence-corrected chi connectivity index (χ0v) is 11.4. The first-order chi connectivity index (χ1) is 10.8. The van der Waals surface area contributed by atoms with Crippen molar-refractivity contribution in [3.8, 4) is 6.07 Å². The number of nitriles is 1. The van der Waals surface area contributed by atoms with Crippen LogP contribution in [-0.4, -0.2) is 20.7 Å². The normalized spacial score (nSPS) is 10.1. The lowest BCUT2D eigenvalue weighted by Crippen LogP contribution is -2.16. The zero-order chi connectivity index (χ0) is 15.4. The molecule has 0 aliphatic carbocycles. The molecule has 0 saturated heterocycles. The molecule has 3 rings (SSSR count). The fourth-order valence-corrected chi connectivity index (χ4v) is 1.93. The van der Waals surface area contributed by atoms with Crippen LogP contribution < -0.4 is 5.32 Å². The molecule has 0 bridgehead atoms. The molecule has 2 heterocycles. The van der Waals surface area contributed by atoms with Crippen molar-refractivity contribution in [2.24, 2.45) is 0 Å². The van der Waals surface area contributed by atoms with E-state index in [1.807, 2.05) is 36.4 Å². The SMILES string of the molecule is N#Cc1cnn2c(NC(=O)OCc3ccccc3)ccnc12. The van der Waals surface area contributed by atoms with Crippen molar-refractivity contribution in [2.45, 2.75) is 6.61 Å². The maximum Gasteiger partial charge on any atom is 0.413 e. The van der Waals surface area contributed by atoms with Gasteiger partial charge >= 0.3 is 6.09 Å². The molecule has 2 aromatic heterocycles. The summed E-state index contributed by atoms with van der Waals surface area (Å²) in [6.45, 7) is 0.170. The monoisotopic (exact) mass is 293 g/mol. The number of ether oxygens (including phenoxy) is 1. The molecular formula is C15H11N5O2. The molecule has 7 heteroatoms. The zero-order valence-electron chi connectivity index (χ0n) is 11.4. The first kappa shape index (κ1) is 13.6. The average Bonchev–Trinajstić information content (AvgIpc) is 2.98. The quantitative estimate of drug-likeness (QED) is 0.800. The lowest BCUT2D eigenvalue weighted by Gasteiger charge is -2.08. The van der Waals surface area contributed by atoms with E-state index in [1.54, 1.807) is 6.07 Å². The highest BCUT2D eigenvalue weighted by Gasteiger charge is 2.11. The van der Waals surface area contributed by atoms with E-state index in [2.05, 4.69) is 15.4 Å². The van der Waals surface area contributed by atoms with Crippen molar-refractivity contribution in [3.63, 3.8) is 0 Å². The molecule has 0 fully saturated rings. The van der Waals surface area contributed by atoms with Gasteiger partial charge in [0, 0.05) is 6.20 Å². The Labute approximate surface area is 125 Å². The summed E-state index contributed by atoms with van der Waals surface area (Å²) in [5.74, 6) is 0.379. The largest absolute Gasteiger partial charge is 0.444 e. The van der Waals surface area contributed by atoms with Crippen molar-refractivity contribution in [1.29, 1.82) is 5.26 Å². The second-order valence-corrected chi connectivity index (χ2v) is 4.42. The van der Waals surface area contributed by atoms with E-state index in [1.165, 1.54) is 16.9 Å². The van der Waals surface area contributed by atoms with Gasteiger partial charge in [-0.15, -0.1) is 0 Å². The number of hydrogen-bond acceptors (Lipinski definition) is 5. The standard InChI is InChI=1S/C15H11N5O2/c16-8-12-9-18-20-13(6-7-17-14(12)20)19-15(21)22-10-11-4-2-1-3-5-11/h1-7,9H,10H2,(H,19,21). The average molecular weight is 293 g/mol. The van der Waals surface area contributed by atoms with Gasteiger partial charge in [0.15, 0.2) is 5.65 Å². The molecule has 0 saturated carbocycles. The molecule has 108 valence electrons. The Bertz CT molecular complexity index is 851. The topological polar surface area (TPSA) is 92.3 Å². The molecule has 1 N–H and O–H groups in total. The number of carbonyl (C=O) groups is 1. The van der Waals surface area contributed by atoms with Gasteiger partial charge in [0.1, 0.15) is 24.1 Å². The van der Waals surface area contributed by atoms with Crippen LogP contribution in [0.15, 0.2) is 48.8 Å². The van der Waals surface area contributed by atoms with Crippen LogP contribution in [0.4, 0.5) is 10.6 Å². The first-order valence-corrected chi connectivity index (χ1v) is 6.48. The number of fused-ring (bicyclic) bond motifs is 1. The van der Waals surface area contributed by atoms with Crippen LogP contribution in [0, 0.1) is 11.3 Å². The molecule has 0 aliphatic rings. The molecule has 0 unspecified atom stereocenters. The number of carbonyl (C=O) groups excluding carboxylic acids is 1. The smallest absolute Gasteiger partial charge is 0.413 e. The van der Waals surface area contributed by atoms with E-state index in [9.17, 15) is 4.79 Å². The second-order valence-electron chi connectivity index (χ2n) is 4.42. The Hall–Kier alpha value is -3.40. The fourth-order valence-electron chi connectivity index (χ4n) is 1.93. The highest BCUT2D eigenvalue weighted by Crippen LogP contribution is 2.13.